The summed E-state index contributed by atoms with van der Waals surface area (Å²) in [6, 6.07) is 4.98. The van der Waals surface area contributed by atoms with Crippen molar-refractivity contribution in [2.24, 2.45) is 5.92 Å². The first-order valence-corrected chi connectivity index (χ1v) is 8.40. The van der Waals surface area contributed by atoms with Gasteiger partial charge in [0.15, 0.2) is 0 Å². The Morgan fingerprint density at radius 2 is 2.26 bits per heavy atom. The Morgan fingerprint density at radius 3 is 2.96 bits per heavy atom. The number of aliphatic hydroxyl groups is 1. The number of carbonyl (C=O) groups is 1. The van der Waals surface area contributed by atoms with Crippen molar-refractivity contribution in [2.75, 3.05) is 26.9 Å². The van der Waals surface area contributed by atoms with Gasteiger partial charge in [0.25, 0.3) is 5.91 Å². The van der Waals surface area contributed by atoms with Crippen LogP contribution in [-0.4, -0.2) is 54.9 Å². The summed E-state index contributed by atoms with van der Waals surface area (Å²) in [4.78, 5) is 14.8. The molecular weight excluding hydrogens is 318 g/mol. The summed E-state index contributed by atoms with van der Waals surface area (Å²) < 4.78 is 10.8. The van der Waals surface area contributed by atoms with Crippen LogP contribution in [0.3, 0.4) is 0 Å². The third-order valence-corrected chi connectivity index (χ3v) is 5.16. The van der Waals surface area contributed by atoms with E-state index in [0.717, 1.165) is 19.3 Å². The first-order valence-electron chi connectivity index (χ1n) is 8.02. The second-order valence-corrected chi connectivity index (χ2v) is 6.56. The summed E-state index contributed by atoms with van der Waals surface area (Å²) in [6.07, 6.45) is 2.39. The third-order valence-electron chi connectivity index (χ3n) is 4.85. The van der Waals surface area contributed by atoms with Crippen LogP contribution in [-0.2, 0) is 4.74 Å². The second kappa shape index (κ2) is 7.07. The molecule has 1 heterocycles. The number of halogens is 1. The number of hydrogen-bond acceptors (Lipinski definition) is 4. The molecule has 1 amide bonds. The van der Waals surface area contributed by atoms with E-state index in [1.54, 1.807) is 18.2 Å². The minimum atomic E-state index is -0.350. The monoisotopic (exact) mass is 339 g/mol. The highest BCUT2D eigenvalue weighted by molar-refractivity contribution is 6.32. The van der Waals surface area contributed by atoms with Gasteiger partial charge in [-0.2, -0.15) is 0 Å². The summed E-state index contributed by atoms with van der Waals surface area (Å²) in [5, 5.41) is 10.7. The maximum absolute atomic E-state index is 12.9. The molecule has 23 heavy (non-hydrogen) atoms. The number of benzene rings is 1. The molecule has 1 aliphatic heterocycles. The van der Waals surface area contributed by atoms with E-state index in [9.17, 15) is 9.90 Å². The lowest BCUT2D eigenvalue weighted by atomic mass is 9.93. The van der Waals surface area contributed by atoms with Crippen LogP contribution in [0.2, 0.25) is 5.02 Å². The van der Waals surface area contributed by atoms with Crippen LogP contribution in [0.4, 0.5) is 0 Å². The van der Waals surface area contributed by atoms with Crippen molar-refractivity contribution in [2.45, 2.75) is 31.4 Å². The van der Waals surface area contributed by atoms with Gasteiger partial charge in [0.2, 0.25) is 0 Å². The van der Waals surface area contributed by atoms with E-state index >= 15 is 0 Å². The van der Waals surface area contributed by atoms with Crippen molar-refractivity contribution in [3.63, 3.8) is 0 Å². The van der Waals surface area contributed by atoms with E-state index in [2.05, 4.69) is 0 Å². The second-order valence-electron chi connectivity index (χ2n) is 6.15. The zero-order valence-electron chi connectivity index (χ0n) is 13.2. The molecular formula is C17H22ClNO4. The molecule has 0 radical (unpaired) electrons. The van der Waals surface area contributed by atoms with Gasteiger partial charge in [0.1, 0.15) is 5.75 Å². The van der Waals surface area contributed by atoms with Gasteiger partial charge in [0.05, 0.1) is 37.5 Å². The Hall–Kier alpha value is -1.30. The molecule has 3 rings (SSSR count). The fourth-order valence-electron chi connectivity index (χ4n) is 3.61. The Kier molecular flexibility index (Phi) is 5.09. The van der Waals surface area contributed by atoms with E-state index < -0.39 is 0 Å². The summed E-state index contributed by atoms with van der Waals surface area (Å²) in [5.74, 6) is 0.518. The Balaban J connectivity index is 1.83. The largest absolute Gasteiger partial charge is 0.495 e. The molecule has 0 spiro atoms. The molecule has 2 aliphatic rings. The molecule has 3 atom stereocenters. The number of methoxy groups -OCH3 is 1. The average molecular weight is 340 g/mol. The van der Waals surface area contributed by atoms with Crippen LogP contribution < -0.4 is 4.74 Å². The van der Waals surface area contributed by atoms with E-state index in [4.69, 9.17) is 21.1 Å². The molecule has 1 N–H and O–H groups in total. The molecule has 1 saturated heterocycles. The highest BCUT2D eigenvalue weighted by Crippen LogP contribution is 2.33. The smallest absolute Gasteiger partial charge is 0.254 e. The zero-order chi connectivity index (χ0) is 16.4. The van der Waals surface area contributed by atoms with Crippen molar-refractivity contribution in [1.82, 2.24) is 4.90 Å². The third kappa shape index (κ3) is 3.32. The number of ether oxygens (including phenoxy) is 2. The van der Waals surface area contributed by atoms with Crippen molar-refractivity contribution < 1.29 is 19.4 Å². The van der Waals surface area contributed by atoms with Gasteiger partial charge in [-0.25, -0.2) is 0 Å². The topological polar surface area (TPSA) is 59.0 Å². The van der Waals surface area contributed by atoms with Gasteiger partial charge >= 0.3 is 0 Å². The SMILES string of the molecule is COc1cc(C(=O)N2CCOCC2C2CCCC2O)ccc1Cl. The highest BCUT2D eigenvalue weighted by atomic mass is 35.5. The molecule has 1 aliphatic carbocycles. The van der Waals surface area contributed by atoms with Crippen molar-refractivity contribution in [3.8, 4) is 5.75 Å². The lowest BCUT2D eigenvalue weighted by molar-refractivity contribution is -0.0383. The van der Waals surface area contributed by atoms with Gasteiger partial charge in [-0.05, 0) is 31.0 Å². The zero-order valence-corrected chi connectivity index (χ0v) is 14.0. The van der Waals surface area contributed by atoms with E-state index in [1.165, 1.54) is 7.11 Å². The number of morpholine rings is 1. The normalized spacial score (nSPS) is 28.0. The summed E-state index contributed by atoms with van der Waals surface area (Å²) in [6.45, 7) is 1.55. The fourth-order valence-corrected chi connectivity index (χ4v) is 3.80. The van der Waals surface area contributed by atoms with E-state index in [1.807, 2.05) is 4.90 Å². The molecule has 2 fully saturated rings. The maximum Gasteiger partial charge on any atom is 0.254 e. The van der Waals surface area contributed by atoms with Gasteiger partial charge < -0.3 is 19.5 Å². The van der Waals surface area contributed by atoms with Gasteiger partial charge in [-0.3, -0.25) is 4.79 Å². The molecule has 1 aromatic rings. The van der Waals surface area contributed by atoms with Crippen LogP contribution in [0.5, 0.6) is 5.75 Å². The van der Waals surface area contributed by atoms with Crippen LogP contribution >= 0.6 is 11.6 Å². The summed E-state index contributed by atoms with van der Waals surface area (Å²) >= 11 is 6.04. The molecule has 1 saturated carbocycles. The van der Waals surface area contributed by atoms with Crippen molar-refractivity contribution in [3.05, 3.63) is 28.8 Å². The van der Waals surface area contributed by atoms with Crippen LogP contribution in [0.25, 0.3) is 0 Å². The Labute approximate surface area is 141 Å². The first-order chi connectivity index (χ1) is 11.1. The van der Waals surface area contributed by atoms with Gasteiger partial charge in [-0.1, -0.05) is 18.0 Å². The van der Waals surface area contributed by atoms with E-state index in [0.29, 0.717) is 36.1 Å². The first kappa shape index (κ1) is 16.6. The molecule has 126 valence electrons. The number of amides is 1. The van der Waals surface area contributed by atoms with Crippen LogP contribution in [0.15, 0.2) is 18.2 Å². The molecule has 3 unspecified atom stereocenters. The average Bonchev–Trinajstić information content (AvgIpc) is 3.00. The minimum Gasteiger partial charge on any atom is -0.495 e. The molecule has 1 aromatic carbocycles. The standard InChI is InChI=1S/C17H22ClNO4/c1-22-16-9-11(5-6-13(16)18)17(21)19-7-8-23-10-14(19)12-3-2-4-15(12)20/h5-6,9,12,14-15,20H,2-4,7-8,10H2,1H3. The van der Waals surface area contributed by atoms with Crippen molar-refractivity contribution in [1.29, 1.82) is 0 Å². The predicted molar refractivity (Wildman–Crippen MR) is 87.0 cm³/mol. The number of carbonyl (C=O) groups excluding carboxylic acids is 1. The number of aliphatic hydroxyl groups excluding tert-OH is 1. The lowest BCUT2D eigenvalue weighted by Gasteiger charge is -2.40. The number of nitrogens with zero attached hydrogens (tertiary/aromatic N) is 1. The Bertz CT molecular complexity index is 580. The minimum absolute atomic E-state index is 0.0626. The molecule has 5 nitrogen and oxygen atoms in total. The van der Waals surface area contributed by atoms with Gasteiger partial charge in [0, 0.05) is 18.0 Å². The maximum atomic E-state index is 12.9. The molecule has 0 bridgehead atoms. The highest BCUT2D eigenvalue weighted by Gasteiger charge is 2.39. The quantitative estimate of drug-likeness (QED) is 0.918. The number of hydrogen-bond donors (Lipinski definition) is 1. The fraction of sp³-hybridized carbons (Fsp3) is 0.588. The summed E-state index contributed by atoms with van der Waals surface area (Å²) in [7, 11) is 1.53. The predicted octanol–water partition coefficient (Wildman–Crippen LogP) is 2.35. The van der Waals surface area contributed by atoms with Crippen LogP contribution in [0.1, 0.15) is 29.6 Å². The van der Waals surface area contributed by atoms with E-state index in [-0.39, 0.29) is 24.0 Å². The summed E-state index contributed by atoms with van der Waals surface area (Å²) in [5.41, 5.74) is 0.547. The molecule has 6 heteroatoms. The number of rotatable bonds is 3. The lowest BCUT2D eigenvalue weighted by Crippen LogP contribution is -2.53. The van der Waals surface area contributed by atoms with Crippen LogP contribution in [0, 0.1) is 5.92 Å². The molecule has 0 aromatic heterocycles. The van der Waals surface area contributed by atoms with Gasteiger partial charge in [-0.15, -0.1) is 0 Å². The van der Waals surface area contributed by atoms with Crippen molar-refractivity contribution >= 4 is 17.5 Å². The Morgan fingerprint density at radius 1 is 1.43 bits per heavy atom.